The minimum Gasteiger partial charge on any atom is -0.352 e. The first-order chi connectivity index (χ1) is 9.13. The van der Waals surface area contributed by atoms with E-state index in [9.17, 15) is 9.00 Å². The van der Waals surface area contributed by atoms with Crippen molar-refractivity contribution in [2.45, 2.75) is 24.3 Å². The number of aromatic nitrogens is 1. The lowest BCUT2D eigenvalue weighted by atomic mass is 9.90. The summed E-state index contributed by atoms with van der Waals surface area (Å²) in [7, 11) is 0. The van der Waals surface area contributed by atoms with Crippen LogP contribution in [0.15, 0.2) is 47.6 Å². The van der Waals surface area contributed by atoms with Crippen molar-refractivity contribution in [3.8, 4) is 0 Å². The van der Waals surface area contributed by atoms with Gasteiger partial charge in [0.25, 0.3) is 0 Å². The average molecular weight is 277 g/mol. The van der Waals surface area contributed by atoms with E-state index in [1.54, 1.807) is 0 Å². The van der Waals surface area contributed by atoms with Crippen LogP contribution in [0.25, 0.3) is 0 Å². The van der Waals surface area contributed by atoms with E-state index in [1.165, 1.54) is 12.3 Å². The minimum atomic E-state index is -2.09. The first kappa shape index (κ1) is 13.7. The molecule has 1 aromatic heterocycles. The van der Waals surface area contributed by atoms with Gasteiger partial charge in [0.05, 0.1) is 0 Å². The van der Waals surface area contributed by atoms with Crippen molar-refractivity contribution in [2.75, 3.05) is 0 Å². The number of carbonyl (C=O) groups is 1. The van der Waals surface area contributed by atoms with E-state index in [4.69, 9.17) is 4.55 Å². The Hall–Kier alpha value is -1.72. The number of ketones is 1. The molecule has 0 aliphatic rings. The summed E-state index contributed by atoms with van der Waals surface area (Å²) >= 11 is -2.09. The standard InChI is InChI=1S/C14H15NO3S/c1-2-12(10-6-4-3-5-7-10)14(16)11-8-13(15-9-11)19(17)18/h3-9,12,15H,2H2,1H3,(H,17,18). The molecule has 0 saturated heterocycles. The molecule has 0 radical (unpaired) electrons. The fourth-order valence-electron chi connectivity index (χ4n) is 2.08. The Labute approximate surface area is 114 Å². The molecule has 1 aromatic carbocycles. The molecular formula is C14H15NO3S. The molecule has 2 N–H and O–H groups in total. The van der Waals surface area contributed by atoms with Gasteiger partial charge in [-0.25, -0.2) is 4.21 Å². The Morgan fingerprint density at radius 1 is 1.37 bits per heavy atom. The topological polar surface area (TPSA) is 70.2 Å². The van der Waals surface area contributed by atoms with Gasteiger partial charge in [-0.1, -0.05) is 37.3 Å². The monoisotopic (exact) mass is 277 g/mol. The van der Waals surface area contributed by atoms with E-state index in [-0.39, 0.29) is 16.7 Å². The maximum absolute atomic E-state index is 12.4. The zero-order valence-electron chi connectivity index (χ0n) is 10.5. The number of Topliss-reactive ketones (excluding diaryl/α,β-unsaturated/α-hetero) is 1. The van der Waals surface area contributed by atoms with Crippen LogP contribution in [0, 0.1) is 0 Å². The van der Waals surface area contributed by atoms with Crippen LogP contribution in [0.5, 0.6) is 0 Å². The second-order valence-corrected chi connectivity index (χ2v) is 5.18. The van der Waals surface area contributed by atoms with Gasteiger partial charge in [0.1, 0.15) is 5.03 Å². The number of benzene rings is 1. The van der Waals surface area contributed by atoms with Crippen molar-refractivity contribution in [1.29, 1.82) is 0 Å². The van der Waals surface area contributed by atoms with Crippen LogP contribution in [0.4, 0.5) is 0 Å². The van der Waals surface area contributed by atoms with E-state index >= 15 is 0 Å². The average Bonchev–Trinajstić information content (AvgIpc) is 2.90. The predicted octanol–water partition coefficient (Wildman–Crippen LogP) is 2.97. The van der Waals surface area contributed by atoms with Gasteiger partial charge in [0, 0.05) is 17.7 Å². The summed E-state index contributed by atoms with van der Waals surface area (Å²) in [6, 6.07) is 11.0. The lowest BCUT2D eigenvalue weighted by Gasteiger charge is -2.12. The molecule has 0 saturated carbocycles. The van der Waals surface area contributed by atoms with Crippen LogP contribution in [0.1, 0.15) is 35.2 Å². The van der Waals surface area contributed by atoms with Crippen molar-refractivity contribution in [3.05, 3.63) is 53.7 Å². The molecule has 19 heavy (non-hydrogen) atoms. The summed E-state index contributed by atoms with van der Waals surface area (Å²) in [5.74, 6) is -0.265. The Balaban J connectivity index is 2.28. The first-order valence-corrected chi connectivity index (χ1v) is 7.12. The Morgan fingerprint density at radius 2 is 2.05 bits per heavy atom. The van der Waals surface area contributed by atoms with Crippen molar-refractivity contribution >= 4 is 16.9 Å². The lowest BCUT2D eigenvalue weighted by Crippen LogP contribution is -2.11. The maximum Gasteiger partial charge on any atom is 0.203 e. The first-order valence-electron chi connectivity index (χ1n) is 6.02. The number of hydrogen-bond acceptors (Lipinski definition) is 2. The van der Waals surface area contributed by atoms with E-state index in [1.807, 2.05) is 37.3 Å². The molecule has 0 aliphatic heterocycles. The molecule has 0 amide bonds. The number of aromatic amines is 1. The highest BCUT2D eigenvalue weighted by atomic mass is 32.2. The molecule has 0 bridgehead atoms. The van der Waals surface area contributed by atoms with Crippen molar-refractivity contribution in [2.24, 2.45) is 0 Å². The highest BCUT2D eigenvalue weighted by Crippen LogP contribution is 2.24. The number of carbonyl (C=O) groups excluding carboxylic acids is 1. The summed E-state index contributed by atoms with van der Waals surface area (Å²) < 4.78 is 19.9. The van der Waals surface area contributed by atoms with Gasteiger partial charge in [0.2, 0.25) is 11.1 Å². The van der Waals surface area contributed by atoms with Gasteiger partial charge < -0.3 is 9.54 Å². The SMILES string of the molecule is CCC(C(=O)c1c[nH]c(S(=O)O)c1)c1ccccc1. The third kappa shape index (κ3) is 3.00. The van der Waals surface area contributed by atoms with Gasteiger partial charge in [-0.05, 0) is 18.1 Å². The summed E-state index contributed by atoms with van der Waals surface area (Å²) in [6.45, 7) is 1.95. The smallest absolute Gasteiger partial charge is 0.203 e. The van der Waals surface area contributed by atoms with Gasteiger partial charge in [-0.3, -0.25) is 4.79 Å². The summed E-state index contributed by atoms with van der Waals surface area (Å²) in [5, 5.41) is 0.145. The van der Waals surface area contributed by atoms with Crippen LogP contribution in [-0.4, -0.2) is 19.5 Å². The molecule has 4 nitrogen and oxygen atoms in total. The number of hydrogen-bond donors (Lipinski definition) is 2. The molecule has 0 aliphatic carbocycles. The predicted molar refractivity (Wildman–Crippen MR) is 73.6 cm³/mol. The summed E-state index contributed by atoms with van der Waals surface area (Å²) in [5.41, 5.74) is 1.40. The van der Waals surface area contributed by atoms with Crippen molar-refractivity contribution in [1.82, 2.24) is 4.98 Å². The van der Waals surface area contributed by atoms with Crippen LogP contribution in [0.2, 0.25) is 0 Å². The summed E-state index contributed by atoms with van der Waals surface area (Å²) in [4.78, 5) is 15.1. The third-order valence-corrected chi connectivity index (χ3v) is 3.67. The highest BCUT2D eigenvalue weighted by Gasteiger charge is 2.21. The number of nitrogens with one attached hydrogen (secondary N) is 1. The Kier molecular flexibility index (Phi) is 4.29. The molecule has 1 heterocycles. The van der Waals surface area contributed by atoms with Gasteiger partial charge >= 0.3 is 0 Å². The maximum atomic E-state index is 12.4. The van der Waals surface area contributed by atoms with Crippen molar-refractivity contribution in [3.63, 3.8) is 0 Å². The second kappa shape index (κ2) is 5.95. The van der Waals surface area contributed by atoms with Crippen molar-refractivity contribution < 1.29 is 13.6 Å². The van der Waals surface area contributed by atoms with E-state index in [0.717, 1.165) is 5.56 Å². The molecule has 100 valence electrons. The molecular weight excluding hydrogens is 262 g/mol. The highest BCUT2D eigenvalue weighted by molar-refractivity contribution is 7.79. The molecule has 2 rings (SSSR count). The van der Waals surface area contributed by atoms with Crippen LogP contribution >= 0.6 is 0 Å². The Morgan fingerprint density at radius 3 is 2.58 bits per heavy atom. The fourth-order valence-corrected chi connectivity index (χ4v) is 2.46. The summed E-state index contributed by atoms with van der Waals surface area (Å²) in [6.07, 6.45) is 2.17. The largest absolute Gasteiger partial charge is 0.352 e. The van der Waals surface area contributed by atoms with E-state index in [2.05, 4.69) is 4.98 Å². The third-order valence-electron chi connectivity index (χ3n) is 3.06. The molecule has 2 unspecified atom stereocenters. The zero-order chi connectivity index (χ0) is 13.8. The number of H-pyrrole nitrogens is 1. The fraction of sp³-hybridized carbons (Fsp3) is 0.214. The van der Waals surface area contributed by atoms with Crippen LogP contribution < -0.4 is 0 Å². The van der Waals surface area contributed by atoms with Crippen LogP contribution in [-0.2, 0) is 11.1 Å². The minimum absolute atomic E-state index is 0.0401. The van der Waals surface area contributed by atoms with E-state index in [0.29, 0.717) is 12.0 Å². The second-order valence-electron chi connectivity index (χ2n) is 4.24. The Bertz CT molecular complexity index is 592. The van der Waals surface area contributed by atoms with Gasteiger partial charge in [-0.15, -0.1) is 0 Å². The van der Waals surface area contributed by atoms with Crippen LogP contribution in [0.3, 0.4) is 0 Å². The van der Waals surface area contributed by atoms with E-state index < -0.39 is 11.1 Å². The van der Waals surface area contributed by atoms with Gasteiger partial charge in [0.15, 0.2) is 5.78 Å². The number of rotatable bonds is 5. The molecule has 2 atom stereocenters. The normalized spacial score (nSPS) is 14.0. The zero-order valence-corrected chi connectivity index (χ0v) is 11.3. The molecule has 0 fully saturated rings. The molecule has 2 aromatic rings. The molecule has 0 spiro atoms. The quantitative estimate of drug-likeness (QED) is 0.652. The van der Waals surface area contributed by atoms with Gasteiger partial charge in [-0.2, -0.15) is 0 Å². The molecule has 5 heteroatoms. The lowest BCUT2D eigenvalue weighted by molar-refractivity contribution is 0.0957.